The largest absolute Gasteiger partial charge is 0.482 e. The minimum Gasteiger partial charge on any atom is -0.482 e. The molecule has 2 aromatic rings. The predicted octanol–water partition coefficient (Wildman–Crippen LogP) is 4.17. The van der Waals surface area contributed by atoms with E-state index < -0.39 is 0 Å². The van der Waals surface area contributed by atoms with Gasteiger partial charge in [0.25, 0.3) is 11.8 Å². The van der Waals surface area contributed by atoms with Crippen LogP contribution in [0.2, 0.25) is 5.02 Å². The van der Waals surface area contributed by atoms with Crippen LogP contribution in [0.3, 0.4) is 0 Å². The standard InChI is InChI=1S/C19H22ClN3O3S/c1-3-23(4-2)17(24)11-26-15-8-7-13(9-14(15)20)22-18(25)16-10-21-19(27-16)12-5-6-12/h7-10,12H,3-6,11H2,1-2H3,(H,22,25). The molecule has 8 heteroatoms. The first-order chi connectivity index (χ1) is 13.0. The molecule has 6 nitrogen and oxygen atoms in total. The van der Waals surface area contributed by atoms with Crippen molar-refractivity contribution in [1.82, 2.24) is 9.88 Å². The summed E-state index contributed by atoms with van der Waals surface area (Å²) in [5.41, 5.74) is 0.564. The number of thiazole rings is 1. The highest BCUT2D eigenvalue weighted by atomic mass is 35.5. The fraction of sp³-hybridized carbons (Fsp3) is 0.421. The van der Waals surface area contributed by atoms with Crippen molar-refractivity contribution in [2.75, 3.05) is 25.0 Å². The van der Waals surface area contributed by atoms with E-state index in [1.807, 2.05) is 13.8 Å². The summed E-state index contributed by atoms with van der Waals surface area (Å²) in [6.07, 6.45) is 3.93. The molecule has 0 aliphatic heterocycles. The Bertz CT molecular complexity index is 831. The van der Waals surface area contributed by atoms with Gasteiger partial charge in [-0.15, -0.1) is 11.3 Å². The SMILES string of the molecule is CCN(CC)C(=O)COc1ccc(NC(=O)c2cnc(C3CC3)s2)cc1Cl. The van der Waals surface area contributed by atoms with E-state index in [0.29, 0.717) is 40.3 Å². The number of hydrogen-bond donors (Lipinski definition) is 1. The zero-order valence-electron chi connectivity index (χ0n) is 15.3. The normalized spacial score (nSPS) is 13.3. The van der Waals surface area contributed by atoms with E-state index >= 15 is 0 Å². The van der Waals surface area contributed by atoms with Gasteiger partial charge in [-0.25, -0.2) is 4.98 Å². The lowest BCUT2D eigenvalue weighted by atomic mass is 10.3. The first-order valence-corrected chi connectivity index (χ1v) is 10.2. The molecular formula is C19H22ClN3O3S. The summed E-state index contributed by atoms with van der Waals surface area (Å²) in [6, 6.07) is 4.96. The number of halogens is 1. The van der Waals surface area contributed by atoms with E-state index in [4.69, 9.17) is 16.3 Å². The van der Waals surface area contributed by atoms with Gasteiger partial charge in [-0.1, -0.05) is 11.6 Å². The molecule has 0 atom stereocenters. The Morgan fingerprint density at radius 1 is 1.33 bits per heavy atom. The molecule has 0 spiro atoms. The van der Waals surface area contributed by atoms with Gasteiger partial charge in [0.2, 0.25) is 0 Å². The number of ether oxygens (including phenoxy) is 1. The summed E-state index contributed by atoms with van der Waals surface area (Å²) in [5, 5.41) is 4.18. The van der Waals surface area contributed by atoms with Crippen molar-refractivity contribution in [3.05, 3.63) is 39.3 Å². The molecule has 0 radical (unpaired) electrons. The Kier molecular flexibility index (Phi) is 6.34. The maximum Gasteiger partial charge on any atom is 0.267 e. The monoisotopic (exact) mass is 407 g/mol. The highest BCUT2D eigenvalue weighted by Gasteiger charge is 2.27. The lowest BCUT2D eigenvalue weighted by Gasteiger charge is -2.19. The molecule has 0 unspecified atom stereocenters. The molecule has 1 heterocycles. The van der Waals surface area contributed by atoms with E-state index in [-0.39, 0.29) is 18.4 Å². The van der Waals surface area contributed by atoms with Gasteiger partial charge in [-0.05, 0) is 44.9 Å². The molecule has 3 rings (SSSR count). The quantitative estimate of drug-likeness (QED) is 0.712. The van der Waals surface area contributed by atoms with Crippen molar-refractivity contribution < 1.29 is 14.3 Å². The third-order valence-electron chi connectivity index (χ3n) is 4.33. The van der Waals surface area contributed by atoms with Gasteiger partial charge < -0.3 is 15.0 Å². The zero-order valence-corrected chi connectivity index (χ0v) is 16.9. The van der Waals surface area contributed by atoms with Gasteiger partial charge in [0.15, 0.2) is 6.61 Å². The molecule has 0 saturated heterocycles. The van der Waals surface area contributed by atoms with Crippen LogP contribution in [0.5, 0.6) is 5.75 Å². The smallest absolute Gasteiger partial charge is 0.267 e. The maximum atomic E-state index is 12.4. The minimum absolute atomic E-state index is 0.0715. The number of likely N-dealkylation sites (N-methyl/N-ethyl adjacent to an activating group) is 1. The molecule has 1 aromatic carbocycles. The van der Waals surface area contributed by atoms with Crippen LogP contribution in [0, 0.1) is 0 Å². The van der Waals surface area contributed by atoms with Crippen molar-refractivity contribution in [2.45, 2.75) is 32.6 Å². The number of amides is 2. The van der Waals surface area contributed by atoms with Crippen LogP contribution in [0.4, 0.5) is 5.69 Å². The van der Waals surface area contributed by atoms with E-state index in [1.54, 1.807) is 29.3 Å². The fourth-order valence-electron chi connectivity index (χ4n) is 2.61. The maximum absolute atomic E-state index is 12.4. The van der Waals surface area contributed by atoms with Crippen molar-refractivity contribution in [3.8, 4) is 5.75 Å². The molecule has 27 heavy (non-hydrogen) atoms. The Morgan fingerprint density at radius 3 is 2.70 bits per heavy atom. The topological polar surface area (TPSA) is 71.5 Å². The summed E-state index contributed by atoms with van der Waals surface area (Å²) < 4.78 is 5.52. The average Bonchev–Trinajstić information content (AvgIpc) is 3.38. The third-order valence-corrected chi connectivity index (χ3v) is 5.78. The van der Waals surface area contributed by atoms with Crippen LogP contribution in [-0.2, 0) is 4.79 Å². The molecule has 0 bridgehead atoms. The van der Waals surface area contributed by atoms with Crippen LogP contribution >= 0.6 is 22.9 Å². The second-order valence-corrected chi connectivity index (χ2v) is 7.76. The highest BCUT2D eigenvalue weighted by molar-refractivity contribution is 7.13. The number of rotatable bonds is 8. The first-order valence-electron chi connectivity index (χ1n) is 8.99. The first kappa shape index (κ1) is 19.6. The fourth-order valence-corrected chi connectivity index (χ4v) is 3.82. The summed E-state index contributed by atoms with van der Waals surface area (Å²) in [5.74, 6) is 0.636. The number of carbonyl (C=O) groups excluding carboxylic acids is 2. The summed E-state index contributed by atoms with van der Waals surface area (Å²) in [7, 11) is 0. The molecule has 144 valence electrons. The van der Waals surface area contributed by atoms with Gasteiger partial charge in [0.1, 0.15) is 10.6 Å². The number of hydrogen-bond acceptors (Lipinski definition) is 5. The van der Waals surface area contributed by atoms with E-state index in [1.165, 1.54) is 11.3 Å². The predicted molar refractivity (Wildman–Crippen MR) is 107 cm³/mol. The molecule has 1 N–H and O–H groups in total. The highest BCUT2D eigenvalue weighted by Crippen LogP contribution is 2.41. The molecule has 1 aliphatic carbocycles. The summed E-state index contributed by atoms with van der Waals surface area (Å²) in [4.78, 5) is 31.0. The van der Waals surface area contributed by atoms with Crippen molar-refractivity contribution in [3.63, 3.8) is 0 Å². The van der Waals surface area contributed by atoms with Crippen molar-refractivity contribution >= 4 is 40.4 Å². The Morgan fingerprint density at radius 2 is 2.07 bits per heavy atom. The summed E-state index contributed by atoms with van der Waals surface area (Å²) in [6.45, 7) is 5.04. The number of carbonyl (C=O) groups is 2. The number of aromatic nitrogens is 1. The molecule has 1 fully saturated rings. The van der Waals surface area contributed by atoms with Crippen LogP contribution in [0.15, 0.2) is 24.4 Å². The molecule has 1 aromatic heterocycles. The van der Waals surface area contributed by atoms with Crippen molar-refractivity contribution in [1.29, 1.82) is 0 Å². The lowest BCUT2D eigenvalue weighted by molar-refractivity contribution is -0.132. The number of anilines is 1. The minimum atomic E-state index is -0.208. The molecule has 2 amide bonds. The molecule has 1 saturated carbocycles. The van der Waals surface area contributed by atoms with Crippen molar-refractivity contribution in [2.24, 2.45) is 0 Å². The number of nitrogens with zero attached hydrogens (tertiary/aromatic N) is 2. The van der Waals surface area contributed by atoms with Gasteiger partial charge in [0.05, 0.1) is 16.2 Å². The average molecular weight is 408 g/mol. The lowest BCUT2D eigenvalue weighted by Crippen LogP contribution is -2.34. The third kappa shape index (κ3) is 4.99. The van der Waals surface area contributed by atoms with Gasteiger partial charge >= 0.3 is 0 Å². The van der Waals surface area contributed by atoms with Crippen LogP contribution in [-0.4, -0.2) is 41.4 Å². The zero-order chi connectivity index (χ0) is 19.4. The van der Waals surface area contributed by atoms with E-state index in [9.17, 15) is 9.59 Å². The van der Waals surface area contributed by atoms with Crippen LogP contribution in [0.1, 0.15) is 47.3 Å². The number of nitrogens with one attached hydrogen (secondary N) is 1. The van der Waals surface area contributed by atoms with Gasteiger partial charge in [-0.3, -0.25) is 9.59 Å². The van der Waals surface area contributed by atoms with Gasteiger partial charge in [0, 0.05) is 24.7 Å². The van der Waals surface area contributed by atoms with E-state index in [0.717, 1.165) is 17.8 Å². The molecule has 1 aliphatic rings. The van der Waals surface area contributed by atoms with Gasteiger partial charge in [-0.2, -0.15) is 0 Å². The second-order valence-electron chi connectivity index (χ2n) is 6.29. The Balaban J connectivity index is 1.58. The Hall–Kier alpha value is -2.12. The van der Waals surface area contributed by atoms with Crippen LogP contribution < -0.4 is 10.1 Å². The second kappa shape index (κ2) is 8.71. The van der Waals surface area contributed by atoms with E-state index in [2.05, 4.69) is 10.3 Å². The summed E-state index contributed by atoms with van der Waals surface area (Å²) >= 11 is 7.67. The molecular weight excluding hydrogens is 386 g/mol. The number of benzene rings is 1. The Labute approximate surface area is 167 Å². The van der Waals surface area contributed by atoms with Crippen LogP contribution in [0.25, 0.3) is 0 Å².